The third kappa shape index (κ3) is 63.8. The van der Waals surface area contributed by atoms with Crippen molar-refractivity contribution in [2.75, 3.05) is 40.9 Å². The maximum atomic E-state index is 13.0. The van der Waals surface area contributed by atoms with E-state index >= 15 is 0 Å². The number of phosphoric ester groups is 1. The molecule has 0 bridgehead atoms. The Morgan fingerprint density at radius 3 is 1.14 bits per heavy atom. The second kappa shape index (κ2) is 61.0. The monoisotopic (exact) mass is 1140 g/mol. The summed E-state index contributed by atoms with van der Waals surface area (Å²) >= 11 is 0. The number of aliphatic hydroxyl groups is 1. The number of nitrogens with one attached hydrogen (secondary N) is 1. The average Bonchev–Trinajstić information content (AvgIpc) is 3.43. The van der Waals surface area contributed by atoms with Gasteiger partial charge in [-0.2, -0.15) is 0 Å². The number of likely N-dealkylation sites (N-methyl/N-ethyl adjacent to an activating group) is 1. The first-order valence-corrected chi connectivity index (χ1v) is 34.2. The lowest BCUT2D eigenvalue weighted by Crippen LogP contribution is -2.45. The van der Waals surface area contributed by atoms with Crippen molar-refractivity contribution in [1.82, 2.24) is 5.32 Å². The summed E-state index contributed by atoms with van der Waals surface area (Å²) in [6.07, 6.45) is 94.0. The van der Waals surface area contributed by atoms with E-state index in [0.29, 0.717) is 17.4 Å². The highest BCUT2D eigenvalue weighted by molar-refractivity contribution is 7.47. The van der Waals surface area contributed by atoms with E-state index < -0.39 is 20.0 Å². The molecule has 0 spiro atoms. The number of hydrogen-bond acceptors (Lipinski definition) is 5. The quantitative estimate of drug-likeness (QED) is 0.0243. The second-order valence-corrected chi connectivity index (χ2v) is 24.2. The zero-order chi connectivity index (χ0) is 59.1. The Morgan fingerprint density at radius 2 is 0.753 bits per heavy atom. The number of unbranched alkanes of at least 4 members (excludes halogenated alkanes) is 23. The Labute approximate surface area is 499 Å². The minimum atomic E-state index is -4.38. The topological polar surface area (TPSA) is 105 Å². The van der Waals surface area contributed by atoms with Crippen molar-refractivity contribution in [3.05, 3.63) is 146 Å². The first kappa shape index (κ1) is 77.4. The molecule has 9 heteroatoms. The van der Waals surface area contributed by atoms with Crippen molar-refractivity contribution in [1.29, 1.82) is 0 Å². The van der Waals surface area contributed by atoms with Gasteiger partial charge in [0.2, 0.25) is 5.91 Å². The lowest BCUT2D eigenvalue weighted by molar-refractivity contribution is -0.870. The smallest absolute Gasteiger partial charge is 0.387 e. The van der Waals surface area contributed by atoms with Gasteiger partial charge in [0.25, 0.3) is 0 Å². The molecule has 0 saturated carbocycles. The van der Waals surface area contributed by atoms with E-state index in [4.69, 9.17) is 9.05 Å². The van der Waals surface area contributed by atoms with E-state index in [1.165, 1.54) is 109 Å². The van der Waals surface area contributed by atoms with Crippen LogP contribution in [0, 0.1) is 0 Å². The zero-order valence-corrected chi connectivity index (χ0v) is 53.6. The van der Waals surface area contributed by atoms with Crippen LogP contribution in [-0.2, 0) is 18.4 Å². The molecule has 0 aromatic heterocycles. The Morgan fingerprint density at radius 1 is 0.432 bits per heavy atom. The number of phosphoric acid groups is 1. The molecule has 0 heterocycles. The highest BCUT2D eigenvalue weighted by atomic mass is 31.2. The molecule has 0 radical (unpaired) electrons. The van der Waals surface area contributed by atoms with E-state index in [1.807, 2.05) is 27.2 Å². The molecule has 0 aliphatic carbocycles. The summed E-state index contributed by atoms with van der Waals surface area (Å²) < 4.78 is 23.7. The molecule has 3 N–H and O–H groups in total. The standard InChI is InChI=1S/C72H123N2O6P/c1-6-8-10-12-14-16-18-20-22-24-26-28-30-32-34-35-36-37-38-39-40-42-44-46-48-50-52-54-56-58-60-62-64-66-72(76)73-70(69-80-81(77,78)79-68-67-74(3,4)5)71(75)65-63-61-59-57-55-53-51-49-47-45-43-41-33-31-29-27-25-23-21-19-17-15-13-11-9-7-2/h8,10,14,16,20,22,26,28,32,34,36-37,39-40,44,46-47,49-50,52,55,57,63,65,70-71,75H,6-7,9,11-13,15,17-19,21,23-25,27,29-31,33,35,38,41-43,45,48,51,53-54,56,58-62,64,66-69H2,1-5H3,(H-,73,76,77,78)/p+1/b10-8-,16-14-,22-20-,28-26-,34-32-,37-36-,40-39-,46-44-,49-47+,52-50-,57-55+,65-63+. The van der Waals surface area contributed by atoms with Crippen LogP contribution in [-0.4, -0.2) is 73.4 Å². The molecule has 81 heavy (non-hydrogen) atoms. The fraction of sp³-hybridized carbons (Fsp3) is 0.653. The highest BCUT2D eigenvalue weighted by Crippen LogP contribution is 2.43. The largest absolute Gasteiger partial charge is 0.472 e. The maximum absolute atomic E-state index is 13.0. The molecule has 3 atom stereocenters. The van der Waals surface area contributed by atoms with E-state index in [-0.39, 0.29) is 19.1 Å². The van der Waals surface area contributed by atoms with Gasteiger partial charge >= 0.3 is 7.82 Å². The Kier molecular flexibility index (Phi) is 58.2. The minimum absolute atomic E-state index is 0.0412. The van der Waals surface area contributed by atoms with Crippen LogP contribution < -0.4 is 5.32 Å². The van der Waals surface area contributed by atoms with Crippen molar-refractivity contribution < 1.29 is 32.9 Å². The summed E-state index contributed by atoms with van der Waals surface area (Å²) in [6.45, 7) is 4.66. The molecule has 0 aromatic rings. The molecule has 0 saturated heterocycles. The summed E-state index contributed by atoms with van der Waals surface area (Å²) in [4.78, 5) is 23.4. The predicted molar refractivity (Wildman–Crippen MR) is 354 cm³/mol. The van der Waals surface area contributed by atoms with Gasteiger partial charge < -0.3 is 19.8 Å². The fourth-order valence-corrected chi connectivity index (χ4v) is 9.45. The Hall–Kier alpha value is -3.62. The van der Waals surface area contributed by atoms with Crippen LogP contribution >= 0.6 is 7.82 Å². The third-order valence-electron chi connectivity index (χ3n) is 13.8. The van der Waals surface area contributed by atoms with Crippen LogP contribution in [0.3, 0.4) is 0 Å². The molecule has 0 aromatic carbocycles. The van der Waals surface area contributed by atoms with Gasteiger partial charge in [0.05, 0.1) is 39.9 Å². The van der Waals surface area contributed by atoms with Crippen LogP contribution in [0.15, 0.2) is 146 Å². The Bertz CT molecular complexity index is 1830. The van der Waals surface area contributed by atoms with E-state index in [0.717, 1.165) is 122 Å². The van der Waals surface area contributed by atoms with Crippen molar-refractivity contribution in [2.45, 2.75) is 264 Å². The van der Waals surface area contributed by atoms with Crippen LogP contribution in [0.1, 0.15) is 251 Å². The average molecular weight is 1140 g/mol. The summed E-state index contributed by atoms with van der Waals surface area (Å²) in [5.74, 6) is -0.215. The van der Waals surface area contributed by atoms with Crippen LogP contribution in [0.25, 0.3) is 0 Å². The second-order valence-electron chi connectivity index (χ2n) is 22.7. The number of rotatable bonds is 58. The van der Waals surface area contributed by atoms with Gasteiger partial charge in [-0.25, -0.2) is 4.57 Å². The molecular formula is C72H124N2O6P+. The zero-order valence-electron chi connectivity index (χ0n) is 52.7. The lowest BCUT2D eigenvalue weighted by Gasteiger charge is -2.25. The maximum Gasteiger partial charge on any atom is 0.472 e. The van der Waals surface area contributed by atoms with Crippen molar-refractivity contribution >= 4 is 13.7 Å². The molecule has 0 aliphatic rings. The summed E-state index contributed by atoms with van der Waals surface area (Å²) in [5.41, 5.74) is 0. The molecule has 462 valence electrons. The number of nitrogens with zero attached hydrogens (tertiary/aromatic N) is 1. The summed E-state index contributed by atoms with van der Waals surface area (Å²) in [7, 11) is 1.51. The number of carbonyl (C=O) groups is 1. The van der Waals surface area contributed by atoms with E-state index in [2.05, 4.69) is 153 Å². The van der Waals surface area contributed by atoms with Gasteiger partial charge in [-0.1, -0.05) is 275 Å². The SMILES string of the molecule is CC/C=C\C/C=C\C/C=C\C/C=C\C/C=C\C/C=C\C/C=C\C/C=C\C/C=C\CCCCCCCC(=O)NC(COP(=O)(O)OCC[N+](C)(C)C)C(O)/C=C/CC/C=C/CC/C=C/CCCCCCCCCCCCCCCCCC. The van der Waals surface area contributed by atoms with Crippen molar-refractivity contribution in [3.63, 3.8) is 0 Å². The number of amides is 1. The van der Waals surface area contributed by atoms with Crippen LogP contribution in [0.2, 0.25) is 0 Å². The number of aliphatic hydroxyl groups excluding tert-OH is 1. The van der Waals surface area contributed by atoms with Gasteiger partial charge in [-0.15, -0.1) is 0 Å². The normalized spacial score (nSPS) is 14.7. The third-order valence-corrected chi connectivity index (χ3v) is 14.8. The predicted octanol–water partition coefficient (Wildman–Crippen LogP) is 20.8. The fourth-order valence-electron chi connectivity index (χ4n) is 8.71. The molecular weight excluding hydrogens is 1020 g/mol. The van der Waals surface area contributed by atoms with E-state index in [9.17, 15) is 19.4 Å². The van der Waals surface area contributed by atoms with Crippen molar-refractivity contribution in [2.24, 2.45) is 0 Å². The number of allylic oxidation sites excluding steroid dienone is 23. The lowest BCUT2D eigenvalue weighted by atomic mass is 10.0. The number of carbonyl (C=O) groups excluding carboxylic acids is 1. The summed E-state index contributed by atoms with van der Waals surface area (Å²) in [5, 5.41) is 13.9. The first-order chi connectivity index (χ1) is 39.5. The molecule has 1 amide bonds. The van der Waals surface area contributed by atoms with Gasteiger partial charge in [-0.05, 0) is 116 Å². The molecule has 0 fully saturated rings. The van der Waals surface area contributed by atoms with Crippen LogP contribution in [0.4, 0.5) is 0 Å². The number of quaternary nitrogens is 1. The molecule has 0 rings (SSSR count). The first-order valence-electron chi connectivity index (χ1n) is 32.7. The summed E-state index contributed by atoms with van der Waals surface area (Å²) in [6, 6.07) is -0.894. The van der Waals surface area contributed by atoms with E-state index in [1.54, 1.807) is 6.08 Å². The highest BCUT2D eigenvalue weighted by Gasteiger charge is 2.27. The Balaban J connectivity index is 4.31. The molecule has 8 nitrogen and oxygen atoms in total. The van der Waals surface area contributed by atoms with Gasteiger partial charge in [0, 0.05) is 6.42 Å². The van der Waals surface area contributed by atoms with Crippen molar-refractivity contribution in [3.8, 4) is 0 Å². The molecule has 0 aliphatic heterocycles. The van der Waals surface area contributed by atoms with Gasteiger partial charge in [0.15, 0.2) is 0 Å². The minimum Gasteiger partial charge on any atom is -0.387 e. The van der Waals surface area contributed by atoms with Gasteiger partial charge in [0.1, 0.15) is 13.2 Å². The van der Waals surface area contributed by atoms with Crippen LogP contribution in [0.5, 0.6) is 0 Å². The molecule has 3 unspecified atom stereocenters. The number of hydrogen-bond donors (Lipinski definition) is 3. The van der Waals surface area contributed by atoms with Gasteiger partial charge in [-0.3, -0.25) is 13.8 Å².